The minimum atomic E-state index is -1.15. The van der Waals surface area contributed by atoms with Gasteiger partial charge in [0.25, 0.3) is 0 Å². The third-order valence-corrected chi connectivity index (χ3v) is 9.61. The first-order valence-electron chi connectivity index (χ1n) is 15.0. The fourth-order valence-electron chi connectivity index (χ4n) is 6.05. The molecule has 0 spiro atoms. The molecule has 1 N–H and O–H groups in total. The molecule has 3 heterocycles. The molecule has 0 radical (unpaired) electrons. The van der Waals surface area contributed by atoms with Gasteiger partial charge in [-0.3, -0.25) is 4.68 Å². The number of aryl methyl sites for hydroxylation is 2. The van der Waals surface area contributed by atoms with Gasteiger partial charge in [-0.25, -0.2) is 9.78 Å². The average molecular weight is 632 g/mol. The van der Waals surface area contributed by atoms with Crippen molar-refractivity contribution in [2.45, 2.75) is 46.3 Å². The second-order valence-electron chi connectivity index (χ2n) is 12.4. The number of carboxylic acid groups (broad SMARTS) is 1. The number of nitrogens with zero attached hydrogens (tertiary/aromatic N) is 5. The van der Waals surface area contributed by atoms with Crippen LogP contribution in [0.5, 0.6) is 0 Å². The van der Waals surface area contributed by atoms with Crippen molar-refractivity contribution >= 4 is 55.8 Å². The van der Waals surface area contributed by atoms with Crippen molar-refractivity contribution in [3.8, 4) is 21.7 Å². The fourth-order valence-corrected chi connectivity index (χ4v) is 7.30. The van der Waals surface area contributed by atoms with E-state index in [1.165, 1.54) is 0 Å². The molecule has 10 heteroatoms. The van der Waals surface area contributed by atoms with Crippen molar-refractivity contribution in [3.63, 3.8) is 0 Å². The van der Waals surface area contributed by atoms with Crippen LogP contribution in [0.1, 0.15) is 44.9 Å². The Kier molecular flexibility index (Phi) is 8.17. The molecule has 1 fully saturated rings. The van der Waals surface area contributed by atoms with E-state index in [4.69, 9.17) is 26.4 Å². The molecule has 0 saturated carbocycles. The molecule has 1 unspecified atom stereocenters. The fraction of sp³-hybridized carbons (Fsp3) is 0.382. The molecule has 0 aliphatic carbocycles. The molecule has 0 amide bonds. The number of fused-ring (bicyclic) bond motifs is 2. The summed E-state index contributed by atoms with van der Waals surface area (Å²) in [4.78, 5) is 22.6. The number of rotatable bonds is 7. The van der Waals surface area contributed by atoms with Gasteiger partial charge in [-0.2, -0.15) is 5.10 Å². The quantitative estimate of drug-likeness (QED) is 0.198. The molecule has 1 saturated heterocycles. The van der Waals surface area contributed by atoms with Crippen molar-refractivity contribution in [2.24, 2.45) is 7.05 Å². The Labute approximate surface area is 266 Å². The van der Waals surface area contributed by atoms with Crippen LogP contribution in [0.25, 0.3) is 42.8 Å². The van der Waals surface area contributed by atoms with E-state index in [0.717, 1.165) is 86.9 Å². The van der Waals surface area contributed by atoms with E-state index < -0.39 is 17.7 Å². The Balaban J connectivity index is 1.51. The van der Waals surface area contributed by atoms with Crippen LogP contribution in [-0.4, -0.2) is 69.1 Å². The minimum absolute atomic E-state index is 0.613. The Bertz CT molecular complexity index is 1850. The van der Waals surface area contributed by atoms with Gasteiger partial charge in [0, 0.05) is 60.3 Å². The summed E-state index contributed by atoms with van der Waals surface area (Å²) in [5.41, 5.74) is 5.36. The van der Waals surface area contributed by atoms with E-state index >= 15 is 0 Å². The minimum Gasteiger partial charge on any atom is -0.479 e. The highest BCUT2D eigenvalue weighted by Gasteiger charge is 2.32. The molecule has 3 aromatic carbocycles. The van der Waals surface area contributed by atoms with Gasteiger partial charge in [-0.1, -0.05) is 30.7 Å². The Hall–Kier alpha value is -3.50. The zero-order valence-electron chi connectivity index (χ0n) is 26.0. The van der Waals surface area contributed by atoms with Crippen LogP contribution in [-0.2, 0) is 16.6 Å². The number of aromatic nitrogens is 3. The SMILES string of the molecule is CCN1CCN(c2nn(C)c3ccc(-c4nc5cc(C)c(C(OC(C)(C)C)C(=O)O)c(-c6ccc(Cl)cc6)c5s4)cc23)CC1. The van der Waals surface area contributed by atoms with Gasteiger partial charge >= 0.3 is 5.97 Å². The highest BCUT2D eigenvalue weighted by atomic mass is 35.5. The molecule has 1 aliphatic heterocycles. The Morgan fingerprint density at radius 1 is 1.07 bits per heavy atom. The van der Waals surface area contributed by atoms with Gasteiger partial charge < -0.3 is 19.6 Å². The Morgan fingerprint density at radius 2 is 1.75 bits per heavy atom. The van der Waals surface area contributed by atoms with Gasteiger partial charge in [0.1, 0.15) is 5.01 Å². The lowest BCUT2D eigenvalue weighted by Crippen LogP contribution is -2.46. The normalized spacial score (nSPS) is 15.4. The number of aliphatic carboxylic acids is 1. The lowest BCUT2D eigenvalue weighted by molar-refractivity contribution is -0.160. The molecule has 230 valence electrons. The van der Waals surface area contributed by atoms with Crippen LogP contribution >= 0.6 is 22.9 Å². The predicted molar refractivity (Wildman–Crippen MR) is 180 cm³/mol. The number of anilines is 1. The van der Waals surface area contributed by atoms with Crippen LogP contribution < -0.4 is 4.90 Å². The van der Waals surface area contributed by atoms with Gasteiger partial charge in [-0.15, -0.1) is 11.3 Å². The molecule has 6 rings (SSSR count). The maximum atomic E-state index is 12.7. The number of carbonyl (C=O) groups is 1. The largest absolute Gasteiger partial charge is 0.479 e. The van der Waals surface area contributed by atoms with Crippen molar-refractivity contribution in [3.05, 3.63) is 64.7 Å². The van der Waals surface area contributed by atoms with E-state index in [0.29, 0.717) is 10.6 Å². The number of benzene rings is 3. The number of halogens is 1. The van der Waals surface area contributed by atoms with Crippen molar-refractivity contribution in [1.82, 2.24) is 19.7 Å². The average Bonchev–Trinajstić information content (AvgIpc) is 3.56. The van der Waals surface area contributed by atoms with Crippen LogP contribution in [0.2, 0.25) is 5.02 Å². The molecular weight excluding hydrogens is 594 g/mol. The van der Waals surface area contributed by atoms with E-state index in [9.17, 15) is 9.90 Å². The highest BCUT2D eigenvalue weighted by molar-refractivity contribution is 7.22. The van der Waals surface area contributed by atoms with E-state index in [-0.39, 0.29) is 0 Å². The second kappa shape index (κ2) is 11.8. The topological polar surface area (TPSA) is 83.7 Å². The molecule has 8 nitrogen and oxygen atoms in total. The summed E-state index contributed by atoms with van der Waals surface area (Å²) in [5.74, 6) is -0.0264. The van der Waals surface area contributed by atoms with Crippen LogP contribution in [0.3, 0.4) is 0 Å². The van der Waals surface area contributed by atoms with Crippen molar-refractivity contribution < 1.29 is 14.6 Å². The molecule has 1 atom stereocenters. The summed E-state index contributed by atoms with van der Waals surface area (Å²) >= 11 is 7.83. The number of ether oxygens (including phenoxy) is 1. The lowest BCUT2D eigenvalue weighted by atomic mass is 9.91. The number of piperazine rings is 1. The summed E-state index contributed by atoms with van der Waals surface area (Å²) in [6.07, 6.45) is -1.15. The Morgan fingerprint density at radius 3 is 2.39 bits per heavy atom. The molecule has 44 heavy (non-hydrogen) atoms. The zero-order valence-corrected chi connectivity index (χ0v) is 27.6. The maximum absolute atomic E-state index is 12.7. The number of hydrogen-bond acceptors (Lipinski definition) is 7. The first kappa shape index (κ1) is 30.5. The number of thiazole rings is 1. The van der Waals surface area contributed by atoms with Gasteiger partial charge in [0.15, 0.2) is 11.9 Å². The monoisotopic (exact) mass is 631 g/mol. The summed E-state index contributed by atoms with van der Waals surface area (Å²) in [6, 6.07) is 15.9. The smallest absolute Gasteiger partial charge is 0.337 e. The molecule has 2 aromatic heterocycles. The van der Waals surface area contributed by atoms with E-state index in [1.807, 2.05) is 69.8 Å². The van der Waals surface area contributed by atoms with Gasteiger partial charge in [0.05, 0.1) is 21.3 Å². The molecular formula is C34H38ClN5O3S. The van der Waals surface area contributed by atoms with Gasteiger partial charge in [0.2, 0.25) is 0 Å². The number of likely N-dealkylation sites (N-methyl/N-ethyl adjacent to an activating group) is 1. The first-order chi connectivity index (χ1) is 20.9. The van der Waals surface area contributed by atoms with Crippen LogP contribution in [0.15, 0.2) is 48.5 Å². The summed E-state index contributed by atoms with van der Waals surface area (Å²) in [7, 11) is 1.99. The van der Waals surface area contributed by atoms with Gasteiger partial charge in [-0.05, 0) is 81.8 Å². The standard InChI is InChI=1S/C34H38ClN5O3S/c1-7-39-14-16-40(17-15-39)31-24-19-22(10-13-26(24)38(6)37-31)32-36-25-18-20(2)27(29(33(41)42)43-34(3,4)5)28(30(25)44-32)21-8-11-23(35)12-9-21/h8-13,18-19,29H,7,14-17H2,1-6H3,(H,41,42). The summed E-state index contributed by atoms with van der Waals surface area (Å²) < 4.78 is 9.03. The third-order valence-electron chi connectivity index (χ3n) is 8.22. The molecule has 1 aliphatic rings. The summed E-state index contributed by atoms with van der Waals surface area (Å²) in [6.45, 7) is 14.8. The first-order valence-corrected chi connectivity index (χ1v) is 16.2. The molecule has 5 aromatic rings. The van der Waals surface area contributed by atoms with E-state index in [1.54, 1.807) is 11.3 Å². The van der Waals surface area contributed by atoms with Crippen molar-refractivity contribution in [1.29, 1.82) is 0 Å². The van der Waals surface area contributed by atoms with Crippen molar-refractivity contribution in [2.75, 3.05) is 37.6 Å². The second-order valence-corrected chi connectivity index (χ2v) is 13.8. The third kappa shape index (κ3) is 5.81. The highest BCUT2D eigenvalue weighted by Crippen LogP contribution is 2.45. The number of carboxylic acids is 1. The predicted octanol–water partition coefficient (Wildman–Crippen LogP) is 7.56. The summed E-state index contributed by atoms with van der Waals surface area (Å²) in [5, 5.41) is 17.9. The van der Waals surface area contributed by atoms with Crippen LogP contribution in [0.4, 0.5) is 5.82 Å². The van der Waals surface area contributed by atoms with E-state index in [2.05, 4.69) is 34.9 Å². The zero-order chi connectivity index (χ0) is 31.3. The number of hydrogen-bond donors (Lipinski definition) is 1. The molecule has 0 bridgehead atoms. The maximum Gasteiger partial charge on any atom is 0.337 e. The van der Waals surface area contributed by atoms with Crippen LogP contribution in [0, 0.1) is 6.92 Å². The lowest BCUT2D eigenvalue weighted by Gasteiger charge is -2.34.